The van der Waals surface area contributed by atoms with Crippen molar-refractivity contribution < 1.29 is 0 Å². The van der Waals surface area contributed by atoms with Gasteiger partial charge in [-0.05, 0) is 18.6 Å². The number of nitrogens with one attached hydrogen (secondary N) is 1. The number of hydrogen-bond donors (Lipinski definition) is 1. The predicted octanol–water partition coefficient (Wildman–Crippen LogP) is 2.89. The maximum Gasteiger partial charge on any atom is 0.134 e. The fraction of sp³-hybridized carbons (Fsp3) is 0.438. The summed E-state index contributed by atoms with van der Waals surface area (Å²) in [6.45, 7) is 5.86. The van der Waals surface area contributed by atoms with E-state index in [-0.39, 0.29) is 0 Å². The van der Waals surface area contributed by atoms with E-state index in [4.69, 9.17) is 0 Å². The van der Waals surface area contributed by atoms with Gasteiger partial charge in [0.05, 0.1) is 12.2 Å². The molecule has 5 heteroatoms. The maximum absolute atomic E-state index is 4.60. The summed E-state index contributed by atoms with van der Waals surface area (Å²) in [5.74, 6) is 2.68. The Morgan fingerprint density at radius 1 is 1.19 bits per heavy atom. The summed E-state index contributed by atoms with van der Waals surface area (Å²) in [5, 5.41) is 3.33. The monoisotopic (exact) mass is 285 g/mol. The summed E-state index contributed by atoms with van der Waals surface area (Å²) < 4.78 is 0. The van der Waals surface area contributed by atoms with Crippen LogP contribution in [0.1, 0.15) is 31.8 Å². The van der Waals surface area contributed by atoms with Crippen LogP contribution in [0.2, 0.25) is 0 Å². The van der Waals surface area contributed by atoms with Gasteiger partial charge in [0.2, 0.25) is 0 Å². The van der Waals surface area contributed by atoms with Crippen LogP contribution in [0.15, 0.2) is 30.5 Å². The number of aromatic nitrogens is 3. The molecule has 21 heavy (non-hydrogen) atoms. The number of aryl methyl sites for hydroxylation is 1. The van der Waals surface area contributed by atoms with Gasteiger partial charge in [0, 0.05) is 32.3 Å². The first-order chi connectivity index (χ1) is 10.2. The van der Waals surface area contributed by atoms with Gasteiger partial charge in [0.15, 0.2) is 0 Å². The predicted molar refractivity (Wildman–Crippen MR) is 86.5 cm³/mol. The molecule has 112 valence electrons. The van der Waals surface area contributed by atoms with E-state index < -0.39 is 0 Å². The highest BCUT2D eigenvalue weighted by Crippen LogP contribution is 2.17. The largest absolute Gasteiger partial charge is 0.370 e. The Kier molecular flexibility index (Phi) is 5.49. The second-order valence-corrected chi connectivity index (χ2v) is 4.99. The van der Waals surface area contributed by atoms with Crippen molar-refractivity contribution >= 4 is 11.6 Å². The van der Waals surface area contributed by atoms with Gasteiger partial charge in [-0.25, -0.2) is 9.97 Å². The van der Waals surface area contributed by atoms with Gasteiger partial charge in [-0.1, -0.05) is 19.9 Å². The Morgan fingerprint density at radius 2 is 2.05 bits per heavy atom. The number of hydrogen-bond acceptors (Lipinski definition) is 5. The van der Waals surface area contributed by atoms with Gasteiger partial charge < -0.3 is 10.2 Å². The highest BCUT2D eigenvalue weighted by atomic mass is 15.2. The van der Waals surface area contributed by atoms with Crippen LogP contribution in [-0.4, -0.2) is 28.5 Å². The molecule has 0 atom stereocenters. The zero-order valence-electron chi connectivity index (χ0n) is 13.0. The number of rotatable bonds is 7. The summed E-state index contributed by atoms with van der Waals surface area (Å²) in [7, 11) is 2.03. The zero-order valence-corrected chi connectivity index (χ0v) is 13.0. The van der Waals surface area contributed by atoms with Crippen molar-refractivity contribution in [3.05, 3.63) is 42.0 Å². The topological polar surface area (TPSA) is 53.9 Å². The summed E-state index contributed by atoms with van der Waals surface area (Å²) in [6.07, 6.45) is 3.71. The van der Waals surface area contributed by atoms with Gasteiger partial charge >= 0.3 is 0 Å². The third kappa shape index (κ3) is 4.41. The SMILES string of the molecule is CCCNc1cc(N(C)Cc2ccccn2)nc(CC)n1. The molecule has 0 fully saturated rings. The first kappa shape index (κ1) is 15.2. The molecular formula is C16H23N5. The molecule has 1 N–H and O–H groups in total. The van der Waals surface area contributed by atoms with E-state index in [1.165, 1.54) is 0 Å². The van der Waals surface area contributed by atoms with Crippen LogP contribution in [0, 0.1) is 0 Å². The van der Waals surface area contributed by atoms with Crippen molar-refractivity contribution in [3.63, 3.8) is 0 Å². The first-order valence-electron chi connectivity index (χ1n) is 7.45. The minimum absolute atomic E-state index is 0.730. The Morgan fingerprint density at radius 3 is 2.71 bits per heavy atom. The molecular weight excluding hydrogens is 262 g/mol. The van der Waals surface area contributed by atoms with E-state index >= 15 is 0 Å². The smallest absolute Gasteiger partial charge is 0.134 e. The second kappa shape index (κ2) is 7.57. The van der Waals surface area contributed by atoms with Crippen molar-refractivity contribution in [2.75, 3.05) is 23.8 Å². The molecule has 0 saturated heterocycles. The lowest BCUT2D eigenvalue weighted by molar-refractivity contribution is 0.837. The molecule has 2 rings (SSSR count). The molecule has 0 bridgehead atoms. The van der Waals surface area contributed by atoms with Crippen molar-refractivity contribution in [2.45, 2.75) is 33.2 Å². The number of nitrogens with zero attached hydrogens (tertiary/aromatic N) is 4. The average molecular weight is 285 g/mol. The van der Waals surface area contributed by atoms with Crippen molar-refractivity contribution in [1.82, 2.24) is 15.0 Å². The summed E-state index contributed by atoms with van der Waals surface area (Å²) in [6, 6.07) is 7.95. The molecule has 0 spiro atoms. The highest BCUT2D eigenvalue weighted by Gasteiger charge is 2.08. The molecule has 0 radical (unpaired) electrons. The summed E-state index contributed by atoms with van der Waals surface area (Å²) in [4.78, 5) is 15.6. The van der Waals surface area contributed by atoms with Gasteiger partial charge in [0.25, 0.3) is 0 Å². The zero-order chi connectivity index (χ0) is 15.1. The first-order valence-corrected chi connectivity index (χ1v) is 7.45. The van der Waals surface area contributed by atoms with Gasteiger partial charge in [-0.3, -0.25) is 4.98 Å². The van der Waals surface area contributed by atoms with Crippen molar-refractivity contribution in [3.8, 4) is 0 Å². The van der Waals surface area contributed by atoms with Crippen LogP contribution in [0.25, 0.3) is 0 Å². The Hall–Kier alpha value is -2.17. The van der Waals surface area contributed by atoms with E-state index in [0.29, 0.717) is 0 Å². The maximum atomic E-state index is 4.60. The molecule has 0 unspecified atom stereocenters. The van der Waals surface area contributed by atoms with Crippen LogP contribution < -0.4 is 10.2 Å². The molecule has 2 heterocycles. The summed E-state index contributed by atoms with van der Waals surface area (Å²) in [5.41, 5.74) is 1.03. The number of anilines is 2. The normalized spacial score (nSPS) is 10.4. The van der Waals surface area contributed by atoms with E-state index in [1.807, 2.05) is 37.5 Å². The molecule has 0 amide bonds. The standard InChI is InChI=1S/C16H23N5/c1-4-9-18-15-11-16(20-14(5-2)19-15)21(3)12-13-8-6-7-10-17-13/h6-8,10-11H,4-5,9,12H2,1-3H3,(H,18,19,20). The van der Waals surface area contributed by atoms with Gasteiger partial charge in [0.1, 0.15) is 17.5 Å². The minimum Gasteiger partial charge on any atom is -0.370 e. The van der Waals surface area contributed by atoms with Crippen molar-refractivity contribution in [1.29, 1.82) is 0 Å². The fourth-order valence-electron chi connectivity index (χ4n) is 2.00. The lowest BCUT2D eigenvalue weighted by atomic mass is 10.3. The van der Waals surface area contributed by atoms with Crippen LogP contribution in [0.3, 0.4) is 0 Å². The Labute approximate surface area is 126 Å². The third-order valence-electron chi connectivity index (χ3n) is 3.15. The molecule has 0 saturated carbocycles. The lowest BCUT2D eigenvalue weighted by Crippen LogP contribution is -2.20. The van der Waals surface area contributed by atoms with Gasteiger partial charge in [-0.2, -0.15) is 0 Å². The molecule has 0 aromatic carbocycles. The second-order valence-electron chi connectivity index (χ2n) is 4.99. The highest BCUT2D eigenvalue weighted by molar-refractivity contribution is 5.49. The van der Waals surface area contributed by atoms with Crippen LogP contribution >= 0.6 is 0 Å². The molecule has 0 aliphatic heterocycles. The lowest BCUT2D eigenvalue weighted by Gasteiger charge is -2.19. The molecule has 2 aromatic rings. The van der Waals surface area contributed by atoms with E-state index in [0.717, 1.165) is 49.1 Å². The van der Waals surface area contributed by atoms with Crippen LogP contribution in [-0.2, 0) is 13.0 Å². The molecule has 0 aliphatic rings. The fourth-order valence-corrected chi connectivity index (χ4v) is 2.00. The molecule has 0 aliphatic carbocycles. The van der Waals surface area contributed by atoms with Crippen LogP contribution in [0.5, 0.6) is 0 Å². The minimum atomic E-state index is 0.730. The van der Waals surface area contributed by atoms with E-state index in [9.17, 15) is 0 Å². The number of pyridine rings is 1. The Balaban J connectivity index is 2.16. The van der Waals surface area contributed by atoms with Crippen molar-refractivity contribution in [2.24, 2.45) is 0 Å². The van der Waals surface area contributed by atoms with E-state index in [2.05, 4.69) is 39.0 Å². The average Bonchev–Trinajstić information content (AvgIpc) is 2.53. The third-order valence-corrected chi connectivity index (χ3v) is 3.15. The van der Waals surface area contributed by atoms with E-state index in [1.54, 1.807) is 0 Å². The summed E-state index contributed by atoms with van der Waals surface area (Å²) >= 11 is 0. The molecule has 2 aromatic heterocycles. The Bertz CT molecular complexity index is 556. The molecule has 5 nitrogen and oxygen atoms in total. The van der Waals surface area contributed by atoms with Gasteiger partial charge in [-0.15, -0.1) is 0 Å². The van der Waals surface area contributed by atoms with Crippen LogP contribution in [0.4, 0.5) is 11.6 Å². The quantitative estimate of drug-likeness (QED) is 0.847.